The SMILES string of the molecule is CC(=CC1C(C)=CCCC1(C)C)C(C)C=O. The quantitative estimate of drug-likeness (QED) is 0.516. The van der Waals surface area contributed by atoms with Gasteiger partial charge in [0.1, 0.15) is 6.29 Å². The number of rotatable bonds is 3. The Kier molecular flexibility index (Phi) is 4.12. The number of hydrogen-bond donors (Lipinski definition) is 0. The Labute approximate surface area is 99.6 Å². The Morgan fingerprint density at radius 2 is 2.19 bits per heavy atom. The number of allylic oxidation sites excluding steroid dienone is 4. The highest BCUT2D eigenvalue weighted by Gasteiger charge is 2.31. The molecule has 1 aliphatic rings. The lowest BCUT2D eigenvalue weighted by Crippen LogP contribution is -2.27. The molecule has 0 N–H and O–H groups in total. The lowest BCUT2D eigenvalue weighted by molar-refractivity contribution is -0.109. The lowest BCUT2D eigenvalue weighted by Gasteiger charge is -2.37. The van der Waals surface area contributed by atoms with Crippen LogP contribution < -0.4 is 0 Å². The second kappa shape index (κ2) is 4.99. The highest BCUT2D eigenvalue weighted by atomic mass is 16.1. The summed E-state index contributed by atoms with van der Waals surface area (Å²) in [7, 11) is 0. The highest BCUT2D eigenvalue weighted by Crippen LogP contribution is 2.42. The summed E-state index contributed by atoms with van der Waals surface area (Å²) in [6.07, 6.45) is 8.08. The maximum absolute atomic E-state index is 10.8. The van der Waals surface area contributed by atoms with Crippen LogP contribution in [0, 0.1) is 17.3 Å². The van der Waals surface area contributed by atoms with Gasteiger partial charge in [0.25, 0.3) is 0 Å². The molecule has 0 fully saturated rings. The smallest absolute Gasteiger partial charge is 0.126 e. The normalized spacial score (nSPS) is 27.2. The number of hydrogen-bond acceptors (Lipinski definition) is 1. The molecular weight excluding hydrogens is 196 g/mol. The number of carbonyl (C=O) groups excluding carboxylic acids is 1. The minimum absolute atomic E-state index is 0.0468. The predicted octanol–water partition coefficient (Wildman–Crippen LogP) is 4.15. The van der Waals surface area contributed by atoms with Crippen molar-refractivity contribution < 1.29 is 4.79 Å². The molecule has 0 heterocycles. The van der Waals surface area contributed by atoms with Gasteiger partial charge in [-0.2, -0.15) is 0 Å². The largest absolute Gasteiger partial charge is 0.303 e. The summed E-state index contributed by atoms with van der Waals surface area (Å²) in [6.45, 7) is 10.9. The average Bonchev–Trinajstić information content (AvgIpc) is 2.21. The first-order valence-corrected chi connectivity index (χ1v) is 6.18. The zero-order chi connectivity index (χ0) is 12.3. The minimum Gasteiger partial charge on any atom is -0.303 e. The van der Waals surface area contributed by atoms with Gasteiger partial charge in [-0.05, 0) is 32.1 Å². The molecular formula is C15H24O. The van der Waals surface area contributed by atoms with E-state index in [9.17, 15) is 4.79 Å². The number of carbonyl (C=O) groups is 1. The van der Waals surface area contributed by atoms with Crippen molar-refractivity contribution in [3.8, 4) is 0 Å². The molecule has 90 valence electrons. The van der Waals surface area contributed by atoms with Crippen molar-refractivity contribution in [2.75, 3.05) is 0 Å². The molecule has 0 amide bonds. The van der Waals surface area contributed by atoms with Crippen LogP contribution in [0.15, 0.2) is 23.3 Å². The van der Waals surface area contributed by atoms with Crippen molar-refractivity contribution in [2.45, 2.75) is 47.5 Å². The van der Waals surface area contributed by atoms with Crippen LogP contribution in [0.1, 0.15) is 47.5 Å². The highest BCUT2D eigenvalue weighted by molar-refractivity contribution is 5.57. The molecule has 2 unspecified atom stereocenters. The predicted molar refractivity (Wildman–Crippen MR) is 69.2 cm³/mol. The van der Waals surface area contributed by atoms with Gasteiger partial charge in [-0.25, -0.2) is 0 Å². The average molecular weight is 220 g/mol. The molecule has 0 spiro atoms. The van der Waals surface area contributed by atoms with Gasteiger partial charge in [0.05, 0.1) is 0 Å². The Morgan fingerprint density at radius 1 is 1.56 bits per heavy atom. The minimum atomic E-state index is 0.0468. The molecule has 16 heavy (non-hydrogen) atoms. The molecule has 2 atom stereocenters. The van der Waals surface area contributed by atoms with Gasteiger partial charge < -0.3 is 4.79 Å². The van der Waals surface area contributed by atoms with E-state index in [4.69, 9.17) is 0 Å². The molecule has 0 aliphatic heterocycles. The summed E-state index contributed by atoms with van der Waals surface area (Å²) >= 11 is 0. The second-order valence-corrected chi connectivity index (χ2v) is 5.79. The first-order valence-electron chi connectivity index (χ1n) is 6.18. The van der Waals surface area contributed by atoms with E-state index in [0.29, 0.717) is 11.3 Å². The van der Waals surface area contributed by atoms with Crippen LogP contribution >= 0.6 is 0 Å². The molecule has 0 aromatic carbocycles. The fourth-order valence-corrected chi connectivity index (χ4v) is 2.45. The summed E-state index contributed by atoms with van der Waals surface area (Å²) < 4.78 is 0. The van der Waals surface area contributed by atoms with E-state index in [1.165, 1.54) is 24.0 Å². The van der Waals surface area contributed by atoms with Crippen LogP contribution in [0.5, 0.6) is 0 Å². The molecule has 1 nitrogen and oxygen atoms in total. The Morgan fingerprint density at radius 3 is 2.69 bits per heavy atom. The molecule has 0 bridgehead atoms. The van der Waals surface area contributed by atoms with Crippen molar-refractivity contribution in [1.82, 2.24) is 0 Å². The van der Waals surface area contributed by atoms with Crippen molar-refractivity contribution >= 4 is 6.29 Å². The van der Waals surface area contributed by atoms with Crippen molar-refractivity contribution in [1.29, 1.82) is 0 Å². The summed E-state index contributed by atoms with van der Waals surface area (Å²) in [5, 5.41) is 0. The van der Waals surface area contributed by atoms with Crippen LogP contribution in [-0.4, -0.2) is 6.29 Å². The fourth-order valence-electron chi connectivity index (χ4n) is 2.45. The van der Waals surface area contributed by atoms with Crippen molar-refractivity contribution in [3.63, 3.8) is 0 Å². The van der Waals surface area contributed by atoms with E-state index in [0.717, 1.165) is 6.29 Å². The summed E-state index contributed by atoms with van der Waals surface area (Å²) in [5.74, 6) is 0.536. The zero-order valence-corrected chi connectivity index (χ0v) is 11.2. The molecule has 0 saturated carbocycles. The monoisotopic (exact) mass is 220 g/mol. The third-order valence-electron chi connectivity index (χ3n) is 3.94. The first-order chi connectivity index (χ1) is 7.38. The van der Waals surface area contributed by atoms with Gasteiger partial charge in [0.2, 0.25) is 0 Å². The fraction of sp³-hybridized carbons (Fsp3) is 0.667. The Bertz CT molecular complexity index is 320. The second-order valence-electron chi connectivity index (χ2n) is 5.79. The van der Waals surface area contributed by atoms with Crippen molar-refractivity contribution in [2.24, 2.45) is 17.3 Å². The van der Waals surface area contributed by atoms with Crippen LogP contribution in [0.3, 0.4) is 0 Å². The van der Waals surface area contributed by atoms with Crippen LogP contribution in [-0.2, 0) is 4.79 Å². The Hall–Kier alpha value is -0.850. The van der Waals surface area contributed by atoms with Crippen LogP contribution in [0.4, 0.5) is 0 Å². The zero-order valence-electron chi connectivity index (χ0n) is 11.2. The maximum atomic E-state index is 10.8. The molecule has 0 aromatic rings. The maximum Gasteiger partial charge on any atom is 0.126 e. The van der Waals surface area contributed by atoms with E-state index in [1.807, 2.05) is 6.92 Å². The number of aldehydes is 1. The van der Waals surface area contributed by atoms with E-state index >= 15 is 0 Å². The molecule has 1 aliphatic carbocycles. The summed E-state index contributed by atoms with van der Waals surface area (Å²) in [5.41, 5.74) is 2.97. The van der Waals surface area contributed by atoms with E-state index in [-0.39, 0.29) is 5.92 Å². The van der Waals surface area contributed by atoms with E-state index in [1.54, 1.807) is 0 Å². The topological polar surface area (TPSA) is 17.1 Å². The van der Waals surface area contributed by atoms with Gasteiger partial charge in [-0.1, -0.05) is 44.1 Å². The van der Waals surface area contributed by atoms with Crippen LogP contribution in [0.2, 0.25) is 0 Å². The standard InChI is InChI=1S/C15H24O/c1-11-7-6-8-15(4,5)14(11)9-12(2)13(3)10-16/h7,9-10,13-14H,6,8H2,1-5H3. The van der Waals surface area contributed by atoms with E-state index < -0.39 is 0 Å². The first kappa shape index (κ1) is 13.2. The molecule has 0 radical (unpaired) electrons. The van der Waals surface area contributed by atoms with Gasteiger partial charge in [0, 0.05) is 11.8 Å². The van der Waals surface area contributed by atoms with Crippen LogP contribution in [0.25, 0.3) is 0 Å². The van der Waals surface area contributed by atoms with Gasteiger partial charge in [-0.3, -0.25) is 0 Å². The third-order valence-corrected chi connectivity index (χ3v) is 3.94. The molecule has 0 saturated heterocycles. The van der Waals surface area contributed by atoms with Gasteiger partial charge in [0.15, 0.2) is 0 Å². The molecule has 1 heteroatoms. The van der Waals surface area contributed by atoms with Crippen molar-refractivity contribution in [3.05, 3.63) is 23.3 Å². The summed E-state index contributed by atoms with van der Waals surface area (Å²) in [6, 6.07) is 0. The lowest BCUT2D eigenvalue weighted by atomic mass is 9.68. The van der Waals surface area contributed by atoms with Gasteiger partial charge in [-0.15, -0.1) is 0 Å². The summed E-state index contributed by atoms with van der Waals surface area (Å²) in [4.78, 5) is 10.8. The molecule has 1 rings (SSSR count). The third kappa shape index (κ3) is 2.84. The van der Waals surface area contributed by atoms with Gasteiger partial charge >= 0.3 is 0 Å². The molecule has 0 aromatic heterocycles. The Balaban J connectivity index is 2.97. The van der Waals surface area contributed by atoms with E-state index in [2.05, 4.69) is 39.8 Å².